The third kappa shape index (κ3) is 2.96. The summed E-state index contributed by atoms with van der Waals surface area (Å²) < 4.78 is 0. The Morgan fingerprint density at radius 3 is 2.07 bits per heavy atom. The van der Waals surface area contributed by atoms with Crippen LogP contribution in [0.3, 0.4) is 0 Å². The van der Waals surface area contributed by atoms with Crippen LogP contribution >= 0.6 is 0 Å². The average molecular weight is 196 g/mol. The zero-order valence-corrected chi connectivity index (χ0v) is 9.39. The van der Waals surface area contributed by atoms with Crippen molar-refractivity contribution in [2.24, 2.45) is 5.92 Å². The van der Waals surface area contributed by atoms with Crippen molar-refractivity contribution in [3.05, 3.63) is 0 Å². The van der Waals surface area contributed by atoms with Crippen molar-refractivity contribution in [1.29, 1.82) is 0 Å². The normalized spacial score (nSPS) is 35.8. The highest BCUT2D eigenvalue weighted by molar-refractivity contribution is 4.81. The van der Waals surface area contributed by atoms with Crippen molar-refractivity contribution in [2.75, 3.05) is 13.1 Å². The van der Waals surface area contributed by atoms with Crippen molar-refractivity contribution >= 4 is 0 Å². The Balaban J connectivity index is 1.68. The van der Waals surface area contributed by atoms with Crippen molar-refractivity contribution < 1.29 is 0 Å². The van der Waals surface area contributed by atoms with Gasteiger partial charge in [0.2, 0.25) is 0 Å². The predicted octanol–water partition coefficient (Wildman–Crippen LogP) is 1.91. The molecular weight excluding hydrogens is 172 g/mol. The van der Waals surface area contributed by atoms with E-state index in [2.05, 4.69) is 17.6 Å². The van der Waals surface area contributed by atoms with Crippen molar-refractivity contribution in [1.82, 2.24) is 10.6 Å². The van der Waals surface area contributed by atoms with Gasteiger partial charge in [0.25, 0.3) is 0 Å². The second-order valence-electron chi connectivity index (χ2n) is 5.15. The fraction of sp³-hybridized carbons (Fsp3) is 1.00. The largest absolute Gasteiger partial charge is 0.317 e. The number of rotatable bonds is 2. The van der Waals surface area contributed by atoms with Crippen LogP contribution in [-0.4, -0.2) is 25.2 Å². The maximum atomic E-state index is 3.84. The molecule has 1 saturated carbocycles. The Labute approximate surface area is 87.8 Å². The van der Waals surface area contributed by atoms with Crippen LogP contribution in [0.5, 0.6) is 0 Å². The number of hydrogen-bond donors (Lipinski definition) is 2. The number of nitrogens with one attached hydrogen (secondary N) is 2. The summed E-state index contributed by atoms with van der Waals surface area (Å²) in [5.41, 5.74) is 0. The highest BCUT2D eigenvalue weighted by Gasteiger charge is 2.21. The number of hydrogen-bond acceptors (Lipinski definition) is 2. The zero-order valence-electron chi connectivity index (χ0n) is 9.39. The Morgan fingerprint density at radius 1 is 0.857 bits per heavy atom. The molecule has 0 bridgehead atoms. The van der Waals surface area contributed by atoms with E-state index in [0.29, 0.717) is 0 Å². The summed E-state index contributed by atoms with van der Waals surface area (Å²) in [6.07, 6.45) is 8.33. The summed E-state index contributed by atoms with van der Waals surface area (Å²) in [6.45, 7) is 4.81. The summed E-state index contributed by atoms with van der Waals surface area (Å²) in [4.78, 5) is 0. The van der Waals surface area contributed by atoms with E-state index in [0.717, 1.165) is 18.0 Å². The first kappa shape index (κ1) is 10.4. The van der Waals surface area contributed by atoms with Gasteiger partial charge in [-0.1, -0.05) is 6.92 Å². The lowest BCUT2D eigenvalue weighted by Gasteiger charge is -2.32. The molecule has 0 aromatic heterocycles. The Bertz CT molecular complexity index is 156. The van der Waals surface area contributed by atoms with Gasteiger partial charge < -0.3 is 10.6 Å². The topological polar surface area (TPSA) is 24.1 Å². The van der Waals surface area contributed by atoms with Gasteiger partial charge in [-0.3, -0.25) is 0 Å². The molecule has 1 saturated heterocycles. The van der Waals surface area contributed by atoms with E-state index in [4.69, 9.17) is 0 Å². The maximum Gasteiger partial charge on any atom is 0.00938 e. The first-order valence-corrected chi connectivity index (χ1v) is 6.31. The van der Waals surface area contributed by atoms with Gasteiger partial charge in [0.15, 0.2) is 0 Å². The molecule has 0 aromatic carbocycles. The Hall–Kier alpha value is -0.0800. The quantitative estimate of drug-likeness (QED) is 0.705. The standard InChI is InChI=1S/C12H24N2/c1-10-2-4-11(5-3-10)14-12-6-8-13-9-7-12/h10-14H,2-9H2,1H3. The van der Waals surface area contributed by atoms with Gasteiger partial charge in [0.05, 0.1) is 0 Å². The fourth-order valence-corrected chi connectivity index (χ4v) is 2.75. The minimum absolute atomic E-state index is 0.801. The molecule has 0 aromatic rings. The Kier molecular flexibility index (Phi) is 3.82. The molecule has 0 atom stereocenters. The van der Waals surface area contributed by atoms with Crippen LogP contribution < -0.4 is 10.6 Å². The molecule has 2 N–H and O–H groups in total. The first-order chi connectivity index (χ1) is 6.84. The van der Waals surface area contributed by atoms with Crippen LogP contribution in [0.25, 0.3) is 0 Å². The lowest BCUT2D eigenvalue weighted by atomic mass is 9.86. The minimum Gasteiger partial charge on any atom is -0.317 e. The van der Waals surface area contributed by atoms with Crippen LogP contribution in [-0.2, 0) is 0 Å². The fourth-order valence-electron chi connectivity index (χ4n) is 2.75. The molecule has 0 amide bonds. The number of piperidine rings is 1. The Morgan fingerprint density at radius 2 is 1.43 bits per heavy atom. The predicted molar refractivity (Wildman–Crippen MR) is 60.4 cm³/mol. The lowest BCUT2D eigenvalue weighted by Crippen LogP contribution is -2.45. The van der Waals surface area contributed by atoms with Gasteiger partial charge in [0, 0.05) is 12.1 Å². The molecule has 2 nitrogen and oxygen atoms in total. The SMILES string of the molecule is CC1CCC(NC2CCNCC2)CC1. The van der Waals surface area contributed by atoms with Crippen LogP contribution in [0.15, 0.2) is 0 Å². The van der Waals surface area contributed by atoms with Gasteiger partial charge in [-0.15, -0.1) is 0 Å². The summed E-state index contributed by atoms with van der Waals surface area (Å²) in [5, 5.41) is 7.26. The molecule has 1 aliphatic carbocycles. The molecule has 2 heteroatoms. The van der Waals surface area contributed by atoms with E-state index in [-0.39, 0.29) is 0 Å². The van der Waals surface area contributed by atoms with Crippen LogP contribution in [0.4, 0.5) is 0 Å². The van der Waals surface area contributed by atoms with E-state index in [1.807, 2.05) is 0 Å². The summed E-state index contributed by atoms with van der Waals surface area (Å²) in [6, 6.07) is 1.63. The van der Waals surface area contributed by atoms with Gasteiger partial charge in [-0.2, -0.15) is 0 Å². The molecule has 2 fully saturated rings. The van der Waals surface area contributed by atoms with Crippen LogP contribution in [0.2, 0.25) is 0 Å². The second-order valence-corrected chi connectivity index (χ2v) is 5.15. The van der Waals surface area contributed by atoms with Gasteiger partial charge in [0.1, 0.15) is 0 Å². The van der Waals surface area contributed by atoms with Gasteiger partial charge >= 0.3 is 0 Å². The maximum absolute atomic E-state index is 3.84. The van der Waals surface area contributed by atoms with E-state index >= 15 is 0 Å². The summed E-state index contributed by atoms with van der Waals surface area (Å²) in [5.74, 6) is 0.973. The first-order valence-electron chi connectivity index (χ1n) is 6.31. The molecule has 1 aliphatic heterocycles. The molecule has 14 heavy (non-hydrogen) atoms. The summed E-state index contributed by atoms with van der Waals surface area (Å²) >= 11 is 0. The molecule has 2 rings (SSSR count). The van der Waals surface area contributed by atoms with Crippen LogP contribution in [0, 0.1) is 5.92 Å². The van der Waals surface area contributed by atoms with E-state index in [1.54, 1.807) is 0 Å². The highest BCUT2D eigenvalue weighted by Crippen LogP contribution is 2.24. The van der Waals surface area contributed by atoms with Crippen LogP contribution in [0.1, 0.15) is 45.4 Å². The molecule has 2 aliphatic rings. The van der Waals surface area contributed by atoms with Crippen molar-refractivity contribution in [3.63, 3.8) is 0 Å². The lowest BCUT2D eigenvalue weighted by molar-refractivity contribution is 0.264. The highest BCUT2D eigenvalue weighted by atomic mass is 15.0. The smallest absolute Gasteiger partial charge is 0.00938 e. The molecular formula is C12H24N2. The molecule has 0 spiro atoms. The average Bonchev–Trinajstić information content (AvgIpc) is 2.23. The third-order valence-electron chi connectivity index (χ3n) is 3.83. The van der Waals surface area contributed by atoms with Gasteiger partial charge in [-0.25, -0.2) is 0 Å². The monoisotopic (exact) mass is 196 g/mol. The molecule has 0 radical (unpaired) electrons. The van der Waals surface area contributed by atoms with E-state index < -0.39 is 0 Å². The zero-order chi connectivity index (χ0) is 9.80. The molecule has 1 heterocycles. The molecule has 0 unspecified atom stereocenters. The summed E-state index contributed by atoms with van der Waals surface area (Å²) in [7, 11) is 0. The van der Waals surface area contributed by atoms with Gasteiger partial charge in [-0.05, 0) is 57.5 Å². The van der Waals surface area contributed by atoms with E-state index in [1.165, 1.54) is 51.6 Å². The molecule has 82 valence electrons. The minimum atomic E-state index is 0.801. The van der Waals surface area contributed by atoms with Crippen molar-refractivity contribution in [3.8, 4) is 0 Å². The van der Waals surface area contributed by atoms with E-state index in [9.17, 15) is 0 Å². The third-order valence-corrected chi connectivity index (χ3v) is 3.83. The van der Waals surface area contributed by atoms with Crippen molar-refractivity contribution in [2.45, 2.75) is 57.5 Å². The second kappa shape index (κ2) is 5.13.